The normalized spacial score (nSPS) is 12.5. The number of benzene rings is 3. The van der Waals surface area contributed by atoms with Crippen molar-refractivity contribution in [2.24, 2.45) is 5.73 Å². The minimum Gasteiger partial charge on any atom is -0.320 e. The molecule has 2 N–H and O–H groups in total. The summed E-state index contributed by atoms with van der Waals surface area (Å²) in [7, 11) is 0. The SMILES string of the molecule is CCCc1cccc(C(N)c2ccc3ccccc3c2)c1. The van der Waals surface area contributed by atoms with Crippen molar-refractivity contribution in [3.05, 3.63) is 83.4 Å². The predicted octanol–water partition coefficient (Wildman–Crippen LogP) is 4.84. The molecule has 3 aromatic rings. The minimum atomic E-state index is -0.0635. The van der Waals surface area contributed by atoms with Crippen molar-refractivity contribution < 1.29 is 0 Å². The van der Waals surface area contributed by atoms with Crippen LogP contribution in [0.2, 0.25) is 0 Å². The molecule has 0 saturated heterocycles. The van der Waals surface area contributed by atoms with E-state index in [0.29, 0.717) is 0 Å². The van der Waals surface area contributed by atoms with Crippen LogP contribution in [0.15, 0.2) is 66.7 Å². The molecule has 3 aromatic carbocycles. The molecular weight excluding hydrogens is 254 g/mol. The standard InChI is InChI=1S/C20H21N/c1-2-6-15-7-5-10-18(13-15)20(21)19-12-11-16-8-3-4-9-17(16)14-19/h3-5,7-14,20H,2,6,21H2,1H3. The van der Waals surface area contributed by atoms with Gasteiger partial charge in [0.05, 0.1) is 6.04 Å². The lowest BCUT2D eigenvalue weighted by atomic mass is 9.95. The van der Waals surface area contributed by atoms with Crippen LogP contribution in [0.25, 0.3) is 10.8 Å². The van der Waals surface area contributed by atoms with Gasteiger partial charge in [-0.15, -0.1) is 0 Å². The van der Waals surface area contributed by atoms with Gasteiger partial charge in [-0.1, -0.05) is 74.0 Å². The Hall–Kier alpha value is -2.12. The summed E-state index contributed by atoms with van der Waals surface area (Å²) in [6.07, 6.45) is 2.27. The van der Waals surface area contributed by atoms with Crippen LogP contribution >= 0.6 is 0 Å². The molecule has 0 saturated carbocycles. The van der Waals surface area contributed by atoms with Gasteiger partial charge in [-0.3, -0.25) is 0 Å². The Labute approximate surface area is 126 Å². The number of fused-ring (bicyclic) bond motifs is 1. The Kier molecular flexibility index (Phi) is 4.03. The molecule has 0 spiro atoms. The van der Waals surface area contributed by atoms with Crippen LogP contribution in [0.5, 0.6) is 0 Å². The summed E-state index contributed by atoms with van der Waals surface area (Å²) >= 11 is 0. The van der Waals surface area contributed by atoms with Crippen LogP contribution in [0, 0.1) is 0 Å². The smallest absolute Gasteiger partial charge is 0.0551 e. The number of nitrogens with two attached hydrogens (primary N) is 1. The predicted molar refractivity (Wildman–Crippen MR) is 90.4 cm³/mol. The molecule has 1 atom stereocenters. The number of hydrogen-bond acceptors (Lipinski definition) is 1. The first-order valence-electron chi connectivity index (χ1n) is 7.61. The van der Waals surface area contributed by atoms with Crippen LogP contribution in [0.4, 0.5) is 0 Å². The van der Waals surface area contributed by atoms with Crippen LogP contribution in [0.3, 0.4) is 0 Å². The molecule has 0 heterocycles. The average molecular weight is 275 g/mol. The van der Waals surface area contributed by atoms with Gasteiger partial charge in [0.25, 0.3) is 0 Å². The van der Waals surface area contributed by atoms with E-state index in [1.165, 1.54) is 27.5 Å². The van der Waals surface area contributed by atoms with Crippen molar-refractivity contribution in [3.8, 4) is 0 Å². The Morgan fingerprint density at radius 1 is 0.810 bits per heavy atom. The highest BCUT2D eigenvalue weighted by Crippen LogP contribution is 2.24. The fourth-order valence-corrected chi connectivity index (χ4v) is 2.82. The lowest BCUT2D eigenvalue weighted by Gasteiger charge is -2.14. The van der Waals surface area contributed by atoms with Crippen LogP contribution < -0.4 is 5.73 Å². The van der Waals surface area contributed by atoms with Crippen molar-refractivity contribution in [2.45, 2.75) is 25.8 Å². The van der Waals surface area contributed by atoms with Gasteiger partial charge in [0, 0.05) is 0 Å². The number of hydrogen-bond donors (Lipinski definition) is 1. The van der Waals surface area contributed by atoms with E-state index in [1.807, 2.05) is 0 Å². The molecule has 0 aliphatic carbocycles. The summed E-state index contributed by atoms with van der Waals surface area (Å²) in [5.74, 6) is 0. The molecule has 0 amide bonds. The fourth-order valence-electron chi connectivity index (χ4n) is 2.82. The van der Waals surface area contributed by atoms with E-state index in [-0.39, 0.29) is 6.04 Å². The number of aryl methyl sites for hydroxylation is 1. The average Bonchev–Trinajstić information content (AvgIpc) is 2.54. The summed E-state index contributed by atoms with van der Waals surface area (Å²) < 4.78 is 0. The molecule has 0 radical (unpaired) electrons. The van der Waals surface area contributed by atoms with E-state index in [4.69, 9.17) is 5.73 Å². The zero-order valence-electron chi connectivity index (χ0n) is 12.4. The van der Waals surface area contributed by atoms with E-state index in [1.54, 1.807) is 0 Å². The van der Waals surface area contributed by atoms with E-state index >= 15 is 0 Å². The van der Waals surface area contributed by atoms with Gasteiger partial charge in [0.2, 0.25) is 0 Å². The van der Waals surface area contributed by atoms with Crippen LogP contribution in [0.1, 0.15) is 36.1 Å². The first-order valence-corrected chi connectivity index (χ1v) is 7.61. The summed E-state index contributed by atoms with van der Waals surface area (Å²) in [6.45, 7) is 2.20. The third-order valence-corrected chi connectivity index (χ3v) is 3.98. The summed E-state index contributed by atoms with van der Waals surface area (Å²) in [4.78, 5) is 0. The summed E-state index contributed by atoms with van der Waals surface area (Å²) in [6, 6.07) is 23.5. The Morgan fingerprint density at radius 3 is 2.38 bits per heavy atom. The first-order chi connectivity index (χ1) is 10.3. The third kappa shape index (κ3) is 2.98. The molecule has 0 aliphatic heterocycles. The quantitative estimate of drug-likeness (QED) is 0.724. The van der Waals surface area contributed by atoms with E-state index in [2.05, 4.69) is 73.7 Å². The molecule has 0 aliphatic rings. The zero-order chi connectivity index (χ0) is 14.7. The van der Waals surface area contributed by atoms with Gasteiger partial charge in [-0.25, -0.2) is 0 Å². The highest BCUT2D eigenvalue weighted by atomic mass is 14.6. The molecule has 106 valence electrons. The van der Waals surface area contributed by atoms with Crippen LogP contribution in [-0.2, 0) is 6.42 Å². The van der Waals surface area contributed by atoms with Gasteiger partial charge in [-0.2, -0.15) is 0 Å². The molecule has 21 heavy (non-hydrogen) atoms. The van der Waals surface area contributed by atoms with Gasteiger partial charge in [-0.05, 0) is 39.9 Å². The molecular formula is C20H21N. The summed E-state index contributed by atoms with van der Waals surface area (Å²) in [5.41, 5.74) is 10.2. The van der Waals surface area contributed by atoms with Crippen molar-refractivity contribution in [3.63, 3.8) is 0 Å². The Balaban J connectivity index is 1.95. The highest BCUT2D eigenvalue weighted by Gasteiger charge is 2.09. The van der Waals surface area contributed by atoms with Crippen molar-refractivity contribution >= 4 is 10.8 Å². The fraction of sp³-hybridized carbons (Fsp3) is 0.200. The maximum absolute atomic E-state index is 6.47. The summed E-state index contributed by atoms with van der Waals surface area (Å²) in [5, 5.41) is 2.50. The largest absolute Gasteiger partial charge is 0.320 e. The minimum absolute atomic E-state index is 0.0635. The van der Waals surface area contributed by atoms with Gasteiger partial charge >= 0.3 is 0 Å². The van der Waals surface area contributed by atoms with E-state index in [0.717, 1.165) is 12.8 Å². The van der Waals surface area contributed by atoms with Gasteiger partial charge < -0.3 is 5.73 Å². The molecule has 0 bridgehead atoms. The molecule has 3 rings (SSSR count). The van der Waals surface area contributed by atoms with Crippen molar-refractivity contribution in [1.29, 1.82) is 0 Å². The lowest BCUT2D eigenvalue weighted by Crippen LogP contribution is -2.12. The zero-order valence-corrected chi connectivity index (χ0v) is 12.4. The highest BCUT2D eigenvalue weighted by molar-refractivity contribution is 5.83. The van der Waals surface area contributed by atoms with Crippen molar-refractivity contribution in [2.75, 3.05) is 0 Å². The maximum atomic E-state index is 6.47. The molecule has 1 nitrogen and oxygen atoms in total. The molecule has 0 fully saturated rings. The first kappa shape index (κ1) is 13.8. The van der Waals surface area contributed by atoms with Crippen LogP contribution in [-0.4, -0.2) is 0 Å². The Morgan fingerprint density at radius 2 is 1.57 bits per heavy atom. The maximum Gasteiger partial charge on any atom is 0.0551 e. The van der Waals surface area contributed by atoms with Gasteiger partial charge in [0.15, 0.2) is 0 Å². The Bertz CT molecular complexity index is 745. The lowest BCUT2D eigenvalue weighted by molar-refractivity contribution is 0.860. The van der Waals surface area contributed by atoms with E-state index < -0.39 is 0 Å². The van der Waals surface area contributed by atoms with E-state index in [9.17, 15) is 0 Å². The van der Waals surface area contributed by atoms with Crippen molar-refractivity contribution in [1.82, 2.24) is 0 Å². The monoisotopic (exact) mass is 275 g/mol. The molecule has 1 heteroatoms. The molecule has 1 unspecified atom stereocenters. The number of rotatable bonds is 4. The third-order valence-electron chi connectivity index (χ3n) is 3.98. The second-order valence-electron chi connectivity index (χ2n) is 5.58. The second-order valence-corrected chi connectivity index (χ2v) is 5.58. The molecule has 0 aromatic heterocycles. The van der Waals surface area contributed by atoms with Gasteiger partial charge in [0.1, 0.15) is 0 Å². The second kappa shape index (κ2) is 6.11. The topological polar surface area (TPSA) is 26.0 Å².